The molecule has 108 valence electrons. The molecule has 0 aliphatic carbocycles. The van der Waals surface area contributed by atoms with Crippen molar-refractivity contribution in [2.75, 3.05) is 20.9 Å². The second kappa shape index (κ2) is 5.07. The highest BCUT2D eigenvalue weighted by Crippen LogP contribution is 2.45. The highest BCUT2D eigenvalue weighted by atomic mass is 19.4. The average molecular weight is 287 g/mol. The number of hydrogen-bond acceptors (Lipinski definition) is 3. The number of ether oxygens (including phenoxy) is 2. The molecule has 0 radical (unpaired) electrons. The summed E-state index contributed by atoms with van der Waals surface area (Å²) < 4.78 is 48.6. The van der Waals surface area contributed by atoms with Gasteiger partial charge in [0.2, 0.25) is 12.7 Å². The summed E-state index contributed by atoms with van der Waals surface area (Å²) >= 11 is 0. The van der Waals surface area contributed by atoms with Gasteiger partial charge >= 0.3 is 6.18 Å². The Balaban J connectivity index is 2.39. The first-order chi connectivity index (χ1) is 9.29. The Morgan fingerprint density at radius 1 is 1.30 bits per heavy atom. The van der Waals surface area contributed by atoms with E-state index in [2.05, 4.69) is 0 Å². The van der Waals surface area contributed by atoms with E-state index in [1.54, 1.807) is 14.1 Å². The molecule has 0 spiro atoms. The zero-order chi connectivity index (χ0) is 14.9. The number of hydrogen-bond donors (Lipinski definition) is 0. The summed E-state index contributed by atoms with van der Waals surface area (Å²) in [6.07, 6.45) is -2.05. The Kier molecular flexibility index (Phi) is 3.61. The predicted molar refractivity (Wildman–Crippen MR) is 65.3 cm³/mol. The van der Waals surface area contributed by atoms with E-state index in [1.165, 1.54) is 23.1 Å². The minimum atomic E-state index is -4.55. The van der Waals surface area contributed by atoms with Crippen LogP contribution in [-0.4, -0.2) is 31.7 Å². The number of rotatable bonds is 2. The lowest BCUT2D eigenvalue weighted by atomic mass is 10.1. The van der Waals surface area contributed by atoms with Gasteiger partial charge in [-0.05, 0) is 23.8 Å². The maximum Gasteiger partial charge on any atom is 0.420 e. The van der Waals surface area contributed by atoms with Crippen molar-refractivity contribution < 1.29 is 27.4 Å². The molecular weight excluding hydrogens is 275 g/mol. The topological polar surface area (TPSA) is 38.8 Å². The van der Waals surface area contributed by atoms with E-state index in [1.807, 2.05) is 0 Å². The lowest BCUT2D eigenvalue weighted by Crippen LogP contribution is -2.18. The Bertz CT molecular complexity index is 565. The van der Waals surface area contributed by atoms with Crippen molar-refractivity contribution in [3.8, 4) is 11.5 Å². The molecule has 0 aromatic heterocycles. The van der Waals surface area contributed by atoms with Gasteiger partial charge in [0.15, 0.2) is 11.5 Å². The Labute approximate surface area is 113 Å². The normalized spacial score (nSPS) is 13.8. The van der Waals surface area contributed by atoms with Crippen molar-refractivity contribution in [2.24, 2.45) is 0 Å². The summed E-state index contributed by atoms with van der Waals surface area (Å²) in [5.74, 6) is -0.610. The van der Waals surface area contributed by atoms with Crippen molar-refractivity contribution >= 4 is 12.0 Å². The van der Waals surface area contributed by atoms with Gasteiger partial charge < -0.3 is 14.4 Å². The molecule has 0 unspecified atom stereocenters. The summed E-state index contributed by atoms with van der Waals surface area (Å²) in [4.78, 5) is 12.7. The third kappa shape index (κ3) is 2.87. The molecule has 0 atom stereocenters. The van der Waals surface area contributed by atoms with Gasteiger partial charge in [-0.3, -0.25) is 4.79 Å². The van der Waals surface area contributed by atoms with Crippen LogP contribution in [0.4, 0.5) is 13.2 Å². The molecule has 2 rings (SSSR count). The molecule has 1 aliphatic rings. The third-order valence-electron chi connectivity index (χ3n) is 2.66. The number of halogens is 3. The van der Waals surface area contributed by atoms with Crippen LogP contribution in [0.5, 0.6) is 11.5 Å². The van der Waals surface area contributed by atoms with Crippen LogP contribution in [0.15, 0.2) is 18.2 Å². The lowest BCUT2D eigenvalue weighted by molar-refractivity contribution is -0.138. The summed E-state index contributed by atoms with van der Waals surface area (Å²) in [7, 11) is 3.10. The van der Waals surface area contributed by atoms with Crippen molar-refractivity contribution in [3.63, 3.8) is 0 Å². The highest BCUT2D eigenvalue weighted by molar-refractivity contribution is 5.91. The van der Waals surface area contributed by atoms with Crippen molar-refractivity contribution in [1.29, 1.82) is 0 Å². The molecule has 0 fully saturated rings. The molecule has 1 aromatic carbocycles. The zero-order valence-corrected chi connectivity index (χ0v) is 10.8. The maximum absolute atomic E-state index is 12.9. The zero-order valence-electron chi connectivity index (χ0n) is 10.8. The molecule has 4 nitrogen and oxygen atoms in total. The van der Waals surface area contributed by atoms with Gasteiger partial charge in [0, 0.05) is 20.2 Å². The number of fused-ring (bicyclic) bond motifs is 1. The van der Waals surface area contributed by atoms with E-state index in [0.717, 1.165) is 6.07 Å². The number of carbonyl (C=O) groups excluding carboxylic acids is 1. The Morgan fingerprint density at radius 3 is 2.60 bits per heavy atom. The van der Waals surface area contributed by atoms with Crippen molar-refractivity contribution in [2.45, 2.75) is 6.18 Å². The molecule has 1 aromatic rings. The van der Waals surface area contributed by atoms with Crippen LogP contribution in [0.25, 0.3) is 6.08 Å². The van der Waals surface area contributed by atoms with Crippen molar-refractivity contribution in [1.82, 2.24) is 4.90 Å². The van der Waals surface area contributed by atoms with Crippen LogP contribution in [-0.2, 0) is 11.0 Å². The van der Waals surface area contributed by atoms with Gasteiger partial charge in [-0.1, -0.05) is 0 Å². The predicted octanol–water partition coefficient (Wildman–Crippen LogP) is 2.54. The fourth-order valence-corrected chi connectivity index (χ4v) is 1.65. The minimum Gasteiger partial charge on any atom is -0.454 e. The van der Waals surface area contributed by atoms with E-state index < -0.39 is 11.7 Å². The molecule has 20 heavy (non-hydrogen) atoms. The standard InChI is InChI=1S/C13H12F3NO3/c1-17(2)11(18)4-3-8-5-9(13(14,15)16)12-10(6-8)19-7-20-12/h3-6H,7H2,1-2H3. The monoisotopic (exact) mass is 287 g/mol. The van der Waals surface area contributed by atoms with E-state index in [-0.39, 0.29) is 29.8 Å². The van der Waals surface area contributed by atoms with E-state index in [9.17, 15) is 18.0 Å². The molecule has 1 amide bonds. The van der Waals surface area contributed by atoms with Crippen LogP contribution in [0.1, 0.15) is 11.1 Å². The molecule has 0 N–H and O–H groups in total. The lowest BCUT2D eigenvalue weighted by Gasteiger charge is -2.11. The first-order valence-electron chi connectivity index (χ1n) is 5.69. The SMILES string of the molecule is CN(C)C(=O)C=Cc1cc2c(c(C(F)(F)F)c1)OCO2. The summed E-state index contributed by atoms with van der Waals surface area (Å²) in [6.45, 7) is -0.248. The Morgan fingerprint density at radius 2 is 2.00 bits per heavy atom. The third-order valence-corrected chi connectivity index (χ3v) is 2.66. The molecule has 1 aliphatic heterocycles. The van der Waals surface area contributed by atoms with E-state index in [4.69, 9.17) is 9.47 Å². The largest absolute Gasteiger partial charge is 0.454 e. The number of benzene rings is 1. The molecule has 0 saturated carbocycles. The summed E-state index contributed by atoms with van der Waals surface area (Å²) in [5, 5.41) is 0. The molecule has 0 saturated heterocycles. The quantitative estimate of drug-likeness (QED) is 0.785. The number of nitrogens with zero attached hydrogens (tertiary/aromatic N) is 1. The molecule has 7 heteroatoms. The average Bonchev–Trinajstić information content (AvgIpc) is 2.81. The molecular formula is C13H12F3NO3. The number of carbonyl (C=O) groups is 1. The van der Waals surface area contributed by atoms with Crippen LogP contribution >= 0.6 is 0 Å². The van der Waals surface area contributed by atoms with Gasteiger partial charge in [-0.15, -0.1) is 0 Å². The van der Waals surface area contributed by atoms with Gasteiger partial charge in [-0.25, -0.2) is 0 Å². The second-order valence-corrected chi connectivity index (χ2v) is 4.37. The maximum atomic E-state index is 12.9. The number of alkyl halides is 3. The highest BCUT2D eigenvalue weighted by Gasteiger charge is 2.38. The summed E-state index contributed by atoms with van der Waals surface area (Å²) in [5.41, 5.74) is -0.693. The van der Waals surface area contributed by atoms with Crippen LogP contribution in [0, 0.1) is 0 Å². The molecule has 0 bridgehead atoms. The van der Waals surface area contributed by atoms with Crippen LogP contribution in [0.3, 0.4) is 0 Å². The minimum absolute atomic E-state index is 0.0248. The van der Waals surface area contributed by atoms with Gasteiger partial charge in [-0.2, -0.15) is 13.2 Å². The van der Waals surface area contributed by atoms with Gasteiger partial charge in [0.25, 0.3) is 0 Å². The van der Waals surface area contributed by atoms with E-state index in [0.29, 0.717) is 0 Å². The molecule has 1 heterocycles. The van der Waals surface area contributed by atoms with Crippen molar-refractivity contribution in [3.05, 3.63) is 29.3 Å². The van der Waals surface area contributed by atoms with Crippen LogP contribution < -0.4 is 9.47 Å². The van der Waals surface area contributed by atoms with E-state index >= 15 is 0 Å². The van der Waals surface area contributed by atoms with Crippen LogP contribution in [0.2, 0.25) is 0 Å². The fraction of sp³-hybridized carbons (Fsp3) is 0.308. The smallest absolute Gasteiger partial charge is 0.420 e. The first-order valence-corrected chi connectivity index (χ1v) is 5.69. The Hall–Kier alpha value is -2.18. The number of amides is 1. The van der Waals surface area contributed by atoms with Gasteiger partial charge in [0.05, 0.1) is 0 Å². The second-order valence-electron chi connectivity index (χ2n) is 4.37. The first kappa shape index (κ1) is 14.2. The fourth-order valence-electron chi connectivity index (χ4n) is 1.65. The van der Waals surface area contributed by atoms with Gasteiger partial charge in [0.1, 0.15) is 5.56 Å². The summed E-state index contributed by atoms with van der Waals surface area (Å²) in [6, 6.07) is 2.32. The number of likely N-dealkylation sites (N-methyl/N-ethyl adjacent to an activating group) is 1.